The molecule has 19 heavy (non-hydrogen) atoms. The van der Waals surface area contributed by atoms with E-state index >= 15 is 0 Å². The normalized spacial score (nSPS) is 14.2. The zero-order valence-corrected chi connectivity index (χ0v) is 12.9. The Kier molecular flexibility index (Phi) is 4.45. The lowest BCUT2D eigenvalue weighted by Crippen LogP contribution is -2.22. The van der Waals surface area contributed by atoms with Crippen LogP contribution in [0.3, 0.4) is 0 Å². The van der Waals surface area contributed by atoms with Crippen LogP contribution in [0.2, 0.25) is 5.02 Å². The molecule has 5 heteroatoms. The topological polar surface area (TPSA) is 42.1 Å². The van der Waals surface area contributed by atoms with E-state index in [-0.39, 0.29) is 12.1 Å². The molecule has 2 unspecified atom stereocenters. The summed E-state index contributed by atoms with van der Waals surface area (Å²) in [5.41, 5.74) is 7.87. The van der Waals surface area contributed by atoms with Gasteiger partial charge in [-0.25, -0.2) is 4.98 Å². The Hall–Kier alpha value is -1.10. The number of hydrogen-bond acceptors (Lipinski definition) is 4. The second-order valence-electron chi connectivity index (χ2n) is 4.65. The monoisotopic (exact) mass is 295 g/mol. The van der Waals surface area contributed by atoms with Crippen molar-refractivity contribution in [2.45, 2.75) is 25.9 Å². The van der Waals surface area contributed by atoms with Crippen LogP contribution < -0.4 is 10.6 Å². The van der Waals surface area contributed by atoms with E-state index in [0.29, 0.717) is 0 Å². The fraction of sp³-hybridized carbons (Fsp3) is 0.357. The van der Waals surface area contributed by atoms with Crippen molar-refractivity contribution in [2.24, 2.45) is 5.73 Å². The Morgan fingerprint density at radius 3 is 2.58 bits per heavy atom. The predicted octanol–water partition coefficient (Wildman–Crippen LogP) is 4.01. The highest BCUT2D eigenvalue weighted by Crippen LogP contribution is 2.32. The molecule has 0 saturated heterocycles. The van der Waals surface area contributed by atoms with Crippen LogP contribution >= 0.6 is 22.9 Å². The van der Waals surface area contributed by atoms with Crippen molar-refractivity contribution in [1.82, 2.24) is 4.98 Å². The van der Waals surface area contributed by atoms with E-state index in [2.05, 4.69) is 16.8 Å². The summed E-state index contributed by atoms with van der Waals surface area (Å²) in [5.74, 6) is 0. The summed E-state index contributed by atoms with van der Waals surface area (Å²) in [7, 11) is 2.03. The number of benzene rings is 1. The highest BCUT2D eigenvalue weighted by atomic mass is 35.5. The van der Waals surface area contributed by atoms with Crippen molar-refractivity contribution >= 4 is 28.1 Å². The van der Waals surface area contributed by atoms with Crippen LogP contribution in [-0.4, -0.2) is 12.0 Å². The summed E-state index contributed by atoms with van der Waals surface area (Å²) < 4.78 is 0. The second-order valence-corrected chi connectivity index (χ2v) is 5.90. The Labute approximate surface area is 123 Å². The number of nitrogens with two attached hydrogens (primary N) is 1. The van der Waals surface area contributed by atoms with E-state index in [0.717, 1.165) is 21.4 Å². The molecular weight excluding hydrogens is 278 g/mol. The molecule has 3 nitrogen and oxygen atoms in total. The number of thiazole rings is 1. The maximum atomic E-state index is 6.24. The van der Waals surface area contributed by atoms with Gasteiger partial charge in [0.25, 0.3) is 0 Å². The number of anilines is 1. The van der Waals surface area contributed by atoms with E-state index in [9.17, 15) is 0 Å². The largest absolute Gasteiger partial charge is 0.344 e. The Bertz CT molecular complexity index is 553. The van der Waals surface area contributed by atoms with Crippen molar-refractivity contribution in [1.29, 1.82) is 0 Å². The first-order valence-electron chi connectivity index (χ1n) is 6.19. The maximum Gasteiger partial charge on any atom is 0.185 e. The van der Waals surface area contributed by atoms with Gasteiger partial charge >= 0.3 is 0 Å². The van der Waals surface area contributed by atoms with Crippen molar-refractivity contribution in [3.05, 3.63) is 45.9 Å². The van der Waals surface area contributed by atoms with E-state index < -0.39 is 0 Å². The van der Waals surface area contributed by atoms with E-state index in [4.69, 9.17) is 17.3 Å². The summed E-state index contributed by atoms with van der Waals surface area (Å²) in [5, 5.41) is 3.75. The highest BCUT2D eigenvalue weighted by Gasteiger charge is 2.18. The molecular formula is C14H18ClN3S. The molecule has 2 rings (SSSR count). The van der Waals surface area contributed by atoms with Crippen LogP contribution in [0.5, 0.6) is 0 Å². The molecule has 0 aliphatic rings. The molecule has 0 radical (unpaired) electrons. The van der Waals surface area contributed by atoms with Gasteiger partial charge in [-0.2, -0.15) is 0 Å². The maximum absolute atomic E-state index is 6.24. The minimum absolute atomic E-state index is 0.0333. The van der Waals surface area contributed by atoms with Gasteiger partial charge in [0.2, 0.25) is 0 Å². The van der Waals surface area contributed by atoms with Gasteiger partial charge in [0.05, 0.1) is 11.7 Å². The Morgan fingerprint density at radius 1 is 1.32 bits per heavy atom. The van der Waals surface area contributed by atoms with Gasteiger partial charge in [-0.15, -0.1) is 11.3 Å². The van der Waals surface area contributed by atoms with E-state index in [1.807, 2.05) is 43.6 Å². The smallest absolute Gasteiger partial charge is 0.185 e. The highest BCUT2D eigenvalue weighted by molar-refractivity contribution is 7.13. The molecule has 1 aromatic heterocycles. The number of rotatable bonds is 4. The summed E-state index contributed by atoms with van der Waals surface area (Å²) in [6.07, 6.45) is 0. The van der Waals surface area contributed by atoms with E-state index in [1.165, 1.54) is 0 Å². The lowest BCUT2D eigenvalue weighted by molar-refractivity contribution is 0.727. The fourth-order valence-electron chi connectivity index (χ4n) is 1.84. The average Bonchev–Trinajstić information content (AvgIpc) is 2.87. The predicted molar refractivity (Wildman–Crippen MR) is 83.0 cm³/mol. The molecule has 0 aliphatic carbocycles. The molecule has 2 aromatic rings. The molecule has 0 aliphatic heterocycles. The number of nitrogens with zero attached hydrogens (tertiary/aromatic N) is 2. The second kappa shape index (κ2) is 5.90. The van der Waals surface area contributed by atoms with Crippen LogP contribution in [0, 0.1) is 0 Å². The molecule has 0 bridgehead atoms. The molecule has 102 valence electrons. The summed E-state index contributed by atoms with van der Waals surface area (Å²) in [6.45, 7) is 4.06. The fourth-order valence-corrected chi connectivity index (χ4v) is 3.11. The van der Waals surface area contributed by atoms with Gasteiger partial charge < -0.3 is 10.6 Å². The standard InChI is InChI=1S/C14H18ClN3S/c1-9(16)13-8-19-14(17-13)18(3)10(2)11-6-4-5-7-12(11)15/h4-10H,16H2,1-3H3. The zero-order chi connectivity index (χ0) is 14.0. The van der Waals surface area contributed by atoms with Crippen LogP contribution in [0.15, 0.2) is 29.6 Å². The van der Waals surface area contributed by atoms with Crippen LogP contribution in [0.25, 0.3) is 0 Å². The molecule has 1 heterocycles. The number of halogens is 1. The third-order valence-electron chi connectivity index (χ3n) is 3.21. The first-order chi connectivity index (χ1) is 9.00. The van der Waals surface area contributed by atoms with Gasteiger partial charge in [-0.05, 0) is 25.5 Å². The van der Waals surface area contributed by atoms with Gasteiger partial charge in [-0.1, -0.05) is 29.8 Å². The van der Waals surface area contributed by atoms with Gasteiger partial charge in [0.1, 0.15) is 0 Å². The molecule has 1 aromatic carbocycles. The van der Waals surface area contributed by atoms with E-state index in [1.54, 1.807) is 11.3 Å². The summed E-state index contributed by atoms with van der Waals surface area (Å²) >= 11 is 7.85. The molecule has 2 atom stereocenters. The van der Waals surface area contributed by atoms with Gasteiger partial charge in [0.15, 0.2) is 5.13 Å². The summed E-state index contributed by atoms with van der Waals surface area (Å²) in [4.78, 5) is 6.69. The quantitative estimate of drug-likeness (QED) is 0.926. The zero-order valence-electron chi connectivity index (χ0n) is 11.3. The van der Waals surface area contributed by atoms with Crippen LogP contribution in [0.4, 0.5) is 5.13 Å². The SMILES string of the molecule is CC(N)c1csc(N(C)C(C)c2ccccc2Cl)n1. The van der Waals surface area contributed by atoms with Crippen molar-refractivity contribution in [2.75, 3.05) is 11.9 Å². The third kappa shape index (κ3) is 3.08. The minimum Gasteiger partial charge on any atom is -0.344 e. The molecule has 0 fully saturated rings. The van der Waals surface area contributed by atoms with Gasteiger partial charge in [0, 0.05) is 23.5 Å². The molecule has 2 N–H and O–H groups in total. The van der Waals surface area contributed by atoms with Crippen LogP contribution in [-0.2, 0) is 0 Å². The lowest BCUT2D eigenvalue weighted by Gasteiger charge is -2.25. The van der Waals surface area contributed by atoms with Gasteiger partial charge in [-0.3, -0.25) is 0 Å². The Balaban J connectivity index is 2.23. The lowest BCUT2D eigenvalue weighted by atomic mass is 10.1. The molecule has 0 amide bonds. The average molecular weight is 296 g/mol. The summed E-state index contributed by atoms with van der Waals surface area (Å²) in [6, 6.07) is 8.03. The first-order valence-corrected chi connectivity index (χ1v) is 7.44. The molecule has 0 spiro atoms. The minimum atomic E-state index is -0.0333. The third-order valence-corrected chi connectivity index (χ3v) is 4.51. The van der Waals surface area contributed by atoms with Crippen molar-refractivity contribution < 1.29 is 0 Å². The van der Waals surface area contributed by atoms with Crippen molar-refractivity contribution in [3.8, 4) is 0 Å². The first kappa shape index (κ1) is 14.3. The van der Waals surface area contributed by atoms with Crippen LogP contribution in [0.1, 0.15) is 37.2 Å². The molecule has 0 saturated carbocycles. The Morgan fingerprint density at radius 2 is 2.00 bits per heavy atom. The number of hydrogen-bond donors (Lipinski definition) is 1. The number of aromatic nitrogens is 1. The van der Waals surface area contributed by atoms with Crippen molar-refractivity contribution in [3.63, 3.8) is 0 Å².